The second-order valence-corrected chi connectivity index (χ2v) is 7.20. The number of nitrogens with one attached hydrogen (secondary N) is 2. The molecular formula is C18H27N3S. The minimum Gasteiger partial charge on any atom is -0.366 e. The molecule has 2 N–H and O–H groups in total. The number of aryl methyl sites for hydroxylation is 1. The Morgan fingerprint density at radius 1 is 1.18 bits per heavy atom. The number of thiocarbonyl (C=S) groups is 1. The predicted octanol–water partition coefficient (Wildman–Crippen LogP) is 2.97. The molecule has 0 radical (unpaired) electrons. The molecule has 2 heterocycles. The van der Waals surface area contributed by atoms with Gasteiger partial charge in [-0.2, -0.15) is 0 Å². The van der Waals surface area contributed by atoms with Gasteiger partial charge in [0.1, 0.15) is 0 Å². The summed E-state index contributed by atoms with van der Waals surface area (Å²) >= 11 is 5.28. The Kier molecular flexibility index (Phi) is 4.99. The largest absolute Gasteiger partial charge is 0.366 e. The Bertz CT molecular complexity index is 500. The van der Waals surface area contributed by atoms with Crippen LogP contribution in [0.2, 0.25) is 0 Å². The average molecular weight is 318 g/mol. The van der Waals surface area contributed by atoms with Gasteiger partial charge in [-0.05, 0) is 50.4 Å². The van der Waals surface area contributed by atoms with E-state index in [4.69, 9.17) is 12.2 Å². The predicted molar refractivity (Wildman–Crippen MR) is 96.0 cm³/mol. The fraction of sp³-hybridized carbons (Fsp3) is 0.611. The van der Waals surface area contributed by atoms with Gasteiger partial charge >= 0.3 is 0 Å². The Morgan fingerprint density at radius 3 is 2.41 bits per heavy atom. The first kappa shape index (κ1) is 15.8. The third-order valence-electron chi connectivity index (χ3n) is 5.17. The smallest absolute Gasteiger partial charge is 0.166 e. The maximum atomic E-state index is 5.28. The molecule has 1 aromatic rings. The standard InChI is InChI=1S/C18H27N3S/c1-13-6-8-14(9-7-13)12-21-16-4-3-5-17(21)11-15(10-16)20-18(22)19-2/h6-9,15-17H,3-5,10-12H2,1-2H3,(H2,19,20,22)/t16-,17-/m0/s1. The third-order valence-corrected chi connectivity index (χ3v) is 5.50. The summed E-state index contributed by atoms with van der Waals surface area (Å²) in [4.78, 5) is 2.74. The molecule has 3 rings (SSSR count). The van der Waals surface area contributed by atoms with Crippen LogP contribution in [0.3, 0.4) is 0 Å². The zero-order chi connectivity index (χ0) is 15.5. The highest BCUT2D eigenvalue weighted by molar-refractivity contribution is 7.80. The maximum absolute atomic E-state index is 5.28. The first-order valence-corrected chi connectivity index (χ1v) is 8.86. The molecule has 2 fully saturated rings. The first-order chi connectivity index (χ1) is 10.7. The van der Waals surface area contributed by atoms with Gasteiger partial charge in [0, 0.05) is 31.7 Å². The van der Waals surface area contributed by atoms with Crippen LogP contribution in [-0.2, 0) is 6.54 Å². The topological polar surface area (TPSA) is 27.3 Å². The summed E-state index contributed by atoms with van der Waals surface area (Å²) in [5.41, 5.74) is 2.78. The highest BCUT2D eigenvalue weighted by atomic mass is 32.1. The van der Waals surface area contributed by atoms with Gasteiger partial charge < -0.3 is 10.6 Å². The fourth-order valence-corrected chi connectivity index (χ4v) is 4.18. The lowest BCUT2D eigenvalue weighted by molar-refractivity contribution is 0.0210. The van der Waals surface area contributed by atoms with Crippen LogP contribution >= 0.6 is 12.2 Å². The molecule has 0 unspecified atom stereocenters. The SMILES string of the molecule is CNC(=S)NC1C[C@@H]2CCC[C@@H](C1)N2Cc1ccc(C)cc1. The number of rotatable bonds is 3. The second kappa shape index (κ2) is 6.97. The zero-order valence-electron chi connectivity index (χ0n) is 13.6. The summed E-state index contributed by atoms with van der Waals surface area (Å²) in [5, 5.41) is 7.31. The van der Waals surface area contributed by atoms with Crippen LogP contribution in [0.4, 0.5) is 0 Å². The van der Waals surface area contributed by atoms with E-state index >= 15 is 0 Å². The number of hydrogen-bond acceptors (Lipinski definition) is 2. The molecule has 0 spiro atoms. The van der Waals surface area contributed by atoms with Crippen molar-refractivity contribution in [2.45, 2.75) is 63.7 Å². The van der Waals surface area contributed by atoms with Crippen LogP contribution in [0, 0.1) is 6.92 Å². The Balaban J connectivity index is 1.66. The van der Waals surface area contributed by atoms with Crippen molar-refractivity contribution in [3.63, 3.8) is 0 Å². The number of piperidine rings is 2. The molecule has 0 aromatic heterocycles. The molecule has 2 atom stereocenters. The molecule has 4 heteroatoms. The number of fused-ring (bicyclic) bond motifs is 2. The van der Waals surface area contributed by atoms with Gasteiger partial charge in [-0.15, -0.1) is 0 Å². The van der Waals surface area contributed by atoms with E-state index in [2.05, 4.69) is 46.7 Å². The van der Waals surface area contributed by atoms with Crippen LogP contribution in [0.1, 0.15) is 43.2 Å². The first-order valence-electron chi connectivity index (χ1n) is 8.45. The summed E-state index contributed by atoms with van der Waals surface area (Å²) in [7, 11) is 1.89. The highest BCUT2D eigenvalue weighted by Crippen LogP contribution is 2.35. The summed E-state index contributed by atoms with van der Waals surface area (Å²) in [5.74, 6) is 0. The number of benzene rings is 1. The van der Waals surface area contributed by atoms with Gasteiger partial charge in [-0.1, -0.05) is 36.2 Å². The van der Waals surface area contributed by atoms with Crippen molar-refractivity contribution in [1.29, 1.82) is 0 Å². The fourth-order valence-electron chi connectivity index (χ4n) is 4.02. The minimum atomic E-state index is 0.532. The molecule has 0 saturated carbocycles. The van der Waals surface area contributed by atoms with E-state index in [0.29, 0.717) is 18.1 Å². The van der Waals surface area contributed by atoms with E-state index in [9.17, 15) is 0 Å². The molecule has 2 aliphatic heterocycles. The van der Waals surface area contributed by atoms with E-state index in [-0.39, 0.29) is 0 Å². The van der Waals surface area contributed by atoms with Crippen LogP contribution in [0.25, 0.3) is 0 Å². The van der Waals surface area contributed by atoms with Crippen LogP contribution in [0.15, 0.2) is 24.3 Å². The number of hydrogen-bond donors (Lipinski definition) is 2. The molecule has 0 amide bonds. The minimum absolute atomic E-state index is 0.532. The molecule has 0 aliphatic carbocycles. The molecule has 120 valence electrons. The Hall–Kier alpha value is -1.13. The summed E-state index contributed by atoms with van der Waals surface area (Å²) in [6, 6.07) is 11.0. The second-order valence-electron chi connectivity index (χ2n) is 6.79. The Morgan fingerprint density at radius 2 is 1.82 bits per heavy atom. The van der Waals surface area contributed by atoms with Crippen molar-refractivity contribution in [3.05, 3.63) is 35.4 Å². The highest BCUT2D eigenvalue weighted by Gasteiger charge is 2.38. The van der Waals surface area contributed by atoms with Crippen molar-refractivity contribution in [2.75, 3.05) is 7.05 Å². The van der Waals surface area contributed by atoms with Gasteiger partial charge in [-0.3, -0.25) is 4.90 Å². The monoisotopic (exact) mass is 317 g/mol. The molecule has 2 bridgehead atoms. The normalized spacial score (nSPS) is 28.2. The van der Waals surface area contributed by atoms with Gasteiger partial charge in [0.15, 0.2) is 5.11 Å². The van der Waals surface area contributed by atoms with Gasteiger partial charge in [0.25, 0.3) is 0 Å². The molecular weight excluding hydrogens is 290 g/mol. The van der Waals surface area contributed by atoms with Crippen molar-refractivity contribution in [3.8, 4) is 0 Å². The van der Waals surface area contributed by atoms with E-state index < -0.39 is 0 Å². The molecule has 2 saturated heterocycles. The van der Waals surface area contributed by atoms with Crippen molar-refractivity contribution < 1.29 is 0 Å². The van der Waals surface area contributed by atoms with Crippen LogP contribution < -0.4 is 10.6 Å². The number of nitrogens with zero attached hydrogens (tertiary/aromatic N) is 1. The van der Waals surface area contributed by atoms with Gasteiger partial charge in [0.2, 0.25) is 0 Å². The maximum Gasteiger partial charge on any atom is 0.166 e. The molecule has 2 aliphatic rings. The summed E-state index contributed by atoms with van der Waals surface area (Å²) in [6.45, 7) is 3.25. The van der Waals surface area contributed by atoms with Crippen molar-refractivity contribution >= 4 is 17.3 Å². The quantitative estimate of drug-likeness (QED) is 0.838. The van der Waals surface area contributed by atoms with Crippen molar-refractivity contribution in [2.24, 2.45) is 0 Å². The summed E-state index contributed by atoms with van der Waals surface area (Å²) < 4.78 is 0. The summed E-state index contributed by atoms with van der Waals surface area (Å²) in [6.07, 6.45) is 6.46. The lowest BCUT2D eigenvalue weighted by Gasteiger charge is -2.49. The molecule has 1 aromatic carbocycles. The van der Waals surface area contributed by atoms with Gasteiger partial charge in [0.05, 0.1) is 0 Å². The van der Waals surface area contributed by atoms with E-state index in [1.807, 2.05) is 7.05 Å². The molecule has 22 heavy (non-hydrogen) atoms. The van der Waals surface area contributed by atoms with E-state index in [1.165, 1.54) is 43.2 Å². The van der Waals surface area contributed by atoms with Crippen LogP contribution in [0.5, 0.6) is 0 Å². The lowest BCUT2D eigenvalue weighted by Crippen LogP contribution is -2.57. The lowest BCUT2D eigenvalue weighted by atomic mass is 9.81. The zero-order valence-corrected chi connectivity index (χ0v) is 14.5. The van der Waals surface area contributed by atoms with E-state index in [0.717, 1.165) is 11.7 Å². The van der Waals surface area contributed by atoms with Crippen molar-refractivity contribution in [1.82, 2.24) is 15.5 Å². The van der Waals surface area contributed by atoms with Crippen LogP contribution in [-0.4, -0.2) is 35.2 Å². The Labute approximate surface area is 139 Å². The average Bonchev–Trinajstić information content (AvgIpc) is 2.50. The third kappa shape index (κ3) is 3.61. The van der Waals surface area contributed by atoms with E-state index in [1.54, 1.807) is 0 Å². The van der Waals surface area contributed by atoms with Gasteiger partial charge in [-0.25, -0.2) is 0 Å². The molecule has 3 nitrogen and oxygen atoms in total.